The van der Waals surface area contributed by atoms with Crippen LogP contribution in [0, 0.1) is 0 Å². The number of ether oxygens (including phenoxy) is 3. The van der Waals surface area contributed by atoms with E-state index >= 15 is 0 Å². The second-order valence-electron chi connectivity index (χ2n) is 17.1. The first-order chi connectivity index (χ1) is 19.3. The lowest BCUT2D eigenvalue weighted by Gasteiger charge is -2.56. The topological polar surface area (TPSA) is 72.5 Å². The van der Waals surface area contributed by atoms with E-state index in [0.717, 1.165) is 12.8 Å². The van der Waals surface area contributed by atoms with Gasteiger partial charge < -0.3 is 27.5 Å². The predicted octanol–water partition coefficient (Wildman–Crippen LogP) is 8.98. The first kappa shape index (κ1) is 39.6. The van der Waals surface area contributed by atoms with Gasteiger partial charge in [-0.25, -0.2) is 0 Å². The van der Waals surface area contributed by atoms with E-state index in [1.54, 1.807) is 0 Å². The highest BCUT2D eigenvalue weighted by atomic mass is 127. The molecule has 252 valence electrons. The molecular formula is C32H63IO7Si3. The zero-order chi connectivity index (χ0) is 33.4. The number of fused-ring (bicyclic) bond motifs is 1. The summed E-state index contributed by atoms with van der Waals surface area (Å²) in [4.78, 5) is 12.3. The molecule has 0 N–H and O–H groups in total. The third-order valence-corrected chi connectivity index (χ3v) is 24.5. The minimum Gasteiger partial charge on any atom is -0.469 e. The number of carbonyl (C=O) groups excluding carboxylic acids is 1. The van der Waals surface area contributed by atoms with Crippen LogP contribution in [0.1, 0.15) is 81.6 Å². The fraction of sp³-hybridized carbons (Fsp3) is 0.906. The average molecular weight is 771 g/mol. The quantitative estimate of drug-likeness (QED) is 0.125. The molecular weight excluding hydrogens is 708 g/mol. The molecule has 11 heteroatoms. The number of hydrogen-bond acceptors (Lipinski definition) is 7. The Balaban J connectivity index is 2.73. The van der Waals surface area contributed by atoms with E-state index in [-0.39, 0.29) is 64.1 Å². The van der Waals surface area contributed by atoms with Crippen LogP contribution in [0.2, 0.25) is 54.4 Å². The Morgan fingerprint density at radius 3 is 1.74 bits per heavy atom. The number of esters is 1. The number of methoxy groups -OCH3 is 1. The summed E-state index contributed by atoms with van der Waals surface area (Å²) < 4.78 is 42.8. The summed E-state index contributed by atoms with van der Waals surface area (Å²) in [6, 6.07) is 0. The summed E-state index contributed by atoms with van der Waals surface area (Å²) in [5.74, 6) is -0.260. The van der Waals surface area contributed by atoms with Gasteiger partial charge in [-0.1, -0.05) is 84.9 Å². The molecule has 2 fully saturated rings. The lowest BCUT2D eigenvalue weighted by atomic mass is 9.87. The van der Waals surface area contributed by atoms with E-state index in [1.165, 1.54) is 7.11 Å². The van der Waals surface area contributed by atoms with Crippen LogP contribution in [0.3, 0.4) is 0 Å². The van der Waals surface area contributed by atoms with Crippen LogP contribution < -0.4 is 0 Å². The van der Waals surface area contributed by atoms with Crippen LogP contribution in [-0.4, -0.2) is 80.8 Å². The largest absolute Gasteiger partial charge is 0.469 e. The molecule has 0 aromatic rings. The molecule has 43 heavy (non-hydrogen) atoms. The summed E-state index contributed by atoms with van der Waals surface area (Å²) in [5.41, 5.74) is 0. The van der Waals surface area contributed by atoms with E-state index in [4.69, 9.17) is 27.5 Å². The molecule has 2 aliphatic rings. The Morgan fingerprint density at radius 1 is 0.814 bits per heavy atom. The Hall–Kier alpha value is 0.391. The van der Waals surface area contributed by atoms with Crippen molar-refractivity contribution in [2.24, 2.45) is 0 Å². The molecule has 2 aliphatic heterocycles. The monoisotopic (exact) mass is 770 g/mol. The maximum atomic E-state index is 12.3. The van der Waals surface area contributed by atoms with Crippen molar-refractivity contribution in [3.63, 3.8) is 0 Å². The zero-order valence-electron chi connectivity index (χ0n) is 30.1. The van der Waals surface area contributed by atoms with Crippen LogP contribution in [0.15, 0.2) is 10.2 Å². The molecule has 2 rings (SSSR count). The number of halogens is 1. The lowest BCUT2D eigenvalue weighted by molar-refractivity contribution is -0.266. The van der Waals surface area contributed by atoms with E-state index in [1.807, 2.05) is 4.08 Å². The highest BCUT2D eigenvalue weighted by Crippen LogP contribution is 2.47. The van der Waals surface area contributed by atoms with Crippen molar-refractivity contribution < 1.29 is 32.3 Å². The standard InChI is InChI=1S/C32H63IO7Si3/c1-30(2,3)41(11,12)38-24(19-20-33)27-29(40-43(15,16)32(7,8)9)28(39-42(13,14)31(4,5)6)26-23(37-27)18-17-22(36-26)21-25(34)35-10/h19-20,22-24,26-29H,17-18,21H2,1-16H3/b20-19+/t22?,23-,24-,26-,27?,28-,29+/m0/s1. The predicted molar refractivity (Wildman–Crippen MR) is 193 cm³/mol. The first-order valence-corrected chi connectivity index (χ1v) is 25.9. The molecule has 0 saturated carbocycles. The minimum absolute atomic E-state index is 0.0168. The van der Waals surface area contributed by atoms with Crippen molar-refractivity contribution in [2.45, 2.75) is 179 Å². The molecule has 2 saturated heterocycles. The molecule has 0 aliphatic carbocycles. The Bertz CT molecular complexity index is 965. The number of rotatable bonds is 10. The van der Waals surface area contributed by atoms with Crippen molar-refractivity contribution in [1.29, 1.82) is 0 Å². The molecule has 7 atom stereocenters. The fourth-order valence-corrected chi connectivity index (χ4v) is 9.03. The van der Waals surface area contributed by atoms with Gasteiger partial charge in [0.15, 0.2) is 25.0 Å². The first-order valence-electron chi connectivity index (χ1n) is 16.0. The second kappa shape index (κ2) is 14.2. The molecule has 7 nitrogen and oxygen atoms in total. The van der Waals surface area contributed by atoms with Crippen molar-refractivity contribution in [1.82, 2.24) is 0 Å². The van der Waals surface area contributed by atoms with Gasteiger partial charge in [0.1, 0.15) is 24.4 Å². The minimum atomic E-state index is -2.31. The van der Waals surface area contributed by atoms with Gasteiger partial charge in [-0.2, -0.15) is 0 Å². The summed E-state index contributed by atoms with van der Waals surface area (Å²) in [6.45, 7) is 34.1. The van der Waals surface area contributed by atoms with Gasteiger partial charge in [-0.15, -0.1) is 0 Å². The Labute approximate surface area is 280 Å². The third-order valence-electron chi connectivity index (χ3n) is 10.7. The SMILES string of the molecule is COC(=O)CC1CC[C@@H]2OC([C@H](/C=C/I)O[Si](C)(C)C(C)(C)C)[C@@H](O[Si](C)(C)C(C)(C)C)[C@@H](O[Si](C)(C)C(C)(C)C)[C@H]2O1. The number of carbonyl (C=O) groups is 1. The number of hydrogen-bond donors (Lipinski definition) is 0. The lowest BCUT2D eigenvalue weighted by Crippen LogP contribution is -2.69. The van der Waals surface area contributed by atoms with Crippen molar-refractivity contribution >= 4 is 53.5 Å². The van der Waals surface area contributed by atoms with E-state index in [2.05, 4.69) is 130 Å². The van der Waals surface area contributed by atoms with Gasteiger partial charge >= 0.3 is 5.97 Å². The molecule has 0 amide bonds. The summed E-state index contributed by atoms with van der Waals surface area (Å²) in [7, 11) is -5.36. The van der Waals surface area contributed by atoms with Crippen LogP contribution >= 0.6 is 22.6 Å². The van der Waals surface area contributed by atoms with Crippen molar-refractivity contribution in [3.8, 4) is 0 Å². The van der Waals surface area contributed by atoms with Gasteiger partial charge in [-0.05, 0) is 77.4 Å². The highest BCUT2D eigenvalue weighted by Gasteiger charge is 2.57. The third kappa shape index (κ3) is 9.71. The normalized spacial score (nSPS) is 29.0. The van der Waals surface area contributed by atoms with Crippen LogP contribution in [0.4, 0.5) is 0 Å². The van der Waals surface area contributed by atoms with Crippen LogP contribution in [-0.2, 0) is 32.3 Å². The summed E-state index contributed by atoms with van der Waals surface area (Å²) in [6.07, 6.45) is 1.61. The maximum absolute atomic E-state index is 12.3. The molecule has 0 bridgehead atoms. The van der Waals surface area contributed by atoms with E-state index < -0.39 is 31.1 Å². The van der Waals surface area contributed by atoms with Gasteiger partial charge in [0.2, 0.25) is 0 Å². The maximum Gasteiger partial charge on any atom is 0.308 e. The van der Waals surface area contributed by atoms with Gasteiger partial charge in [-0.3, -0.25) is 4.79 Å². The summed E-state index contributed by atoms with van der Waals surface area (Å²) in [5, 5.41) is -0.00778. The Kier molecular flexibility index (Phi) is 13.1. The van der Waals surface area contributed by atoms with Crippen LogP contribution in [0.25, 0.3) is 0 Å². The molecule has 2 heterocycles. The Morgan fingerprint density at radius 2 is 1.30 bits per heavy atom. The van der Waals surface area contributed by atoms with E-state index in [9.17, 15) is 4.79 Å². The van der Waals surface area contributed by atoms with Gasteiger partial charge in [0.25, 0.3) is 0 Å². The van der Waals surface area contributed by atoms with Gasteiger partial charge in [0.05, 0.1) is 31.8 Å². The molecule has 0 aromatic carbocycles. The van der Waals surface area contributed by atoms with Crippen molar-refractivity contribution in [2.75, 3.05) is 7.11 Å². The molecule has 0 radical (unpaired) electrons. The molecule has 2 unspecified atom stereocenters. The zero-order valence-corrected chi connectivity index (χ0v) is 35.2. The summed E-state index contributed by atoms with van der Waals surface area (Å²) >= 11 is 2.29. The molecule has 0 spiro atoms. The fourth-order valence-electron chi connectivity index (χ4n) is 4.77. The van der Waals surface area contributed by atoms with Crippen molar-refractivity contribution in [3.05, 3.63) is 10.2 Å². The van der Waals surface area contributed by atoms with Crippen LogP contribution in [0.5, 0.6) is 0 Å². The highest BCUT2D eigenvalue weighted by molar-refractivity contribution is 14.1. The molecule has 0 aromatic heterocycles. The van der Waals surface area contributed by atoms with Gasteiger partial charge in [0, 0.05) is 0 Å². The average Bonchev–Trinajstić information content (AvgIpc) is 2.82. The van der Waals surface area contributed by atoms with E-state index in [0.29, 0.717) is 0 Å². The second-order valence-corrected chi connectivity index (χ2v) is 32.1. The smallest absolute Gasteiger partial charge is 0.308 e.